The van der Waals surface area contributed by atoms with Crippen molar-refractivity contribution in [1.82, 2.24) is 20.4 Å². The van der Waals surface area contributed by atoms with Crippen LogP contribution < -0.4 is 10.6 Å². The first kappa shape index (κ1) is 32.7. The van der Waals surface area contributed by atoms with E-state index in [4.69, 9.17) is 9.47 Å². The van der Waals surface area contributed by atoms with Crippen molar-refractivity contribution in [3.05, 3.63) is 29.3 Å². The number of alkyl carbamates (subject to hydrolysis) is 1. The molecule has 3 N–H and O–H groups in total. The average Bonchev–Trinajstić information content (AvgIpc) is 3.17. The van der Waals surface area contributed by atoms with E-state index in [1.807, 2.05) is 20.8 Å². The molecule has 2 saturated heterocycles. The number of imide groups is 1. The van der Waals surface area contributed by atoms with Crippen LogP contribution in [0.4, 0.5) is 4.79 Å². The van der Waals surface area contributed by atoms with Crippen molar-refractivity contribution in [3.63, 3.8) is 0 Å². The Morgan fingerprint density at radius 3 is 2.46 bits per heavy atom. The third kappa shape index (κ3) is 9.89. The van der Waals surface area contributed by atoms with Crippen LogP contribution in [0.15, 0.2) is 18.2 Å². The van der Waals surface area contributed by atoms with Gasteiger partial charge in [-0.25, -0.2) is 14.8 Å². The third-order valence-corrected chi connectivity index (χ3v) is 8.29. The summed E-state index contributed by atoms with van der Waals surface area (Å²) in [5.41, 5.74) is 0.783. The number of carbonyl (C=O) groups excluding carboxylic acids is 4. The van der Waals surface area contributed by atoms with Gasteiger partial charge in [-0.1, -0.05) is 0 Å². The van der Waals surface area contributed by atoms with E-state index in [1.165, 1.54) is 11.0 Å². The molecule has 12 heteroatoms. The zero-order chi connectivity index (χ0) is 30.4. The molecule has 1 atom stereocenters. The van der Waals surface area contributed by atoms with Crippen LogP contribution in [0.1, 0.15) is 63.8 Å². The van der Waals surface area contributed by atoms with Crippen molar-refractivity contribution in [2.24, 2.45) is 0 Å². The van der Waals surface area contributed by atoms with Crippen LogP contribution in [-0.2, 0) is 25.6 Å². The summed E-state index contributed by atoms with van der Waals surface area (Å²) in [5, 5.41) is 15.7. The number of likely N-dealkylation sites (tertiary alicyclic amines) is 1. The van der Waals surface area contributed by atoms with Crippen LogP contribution in [0.25, 0.3) is 0 Å². The quantitative estimate of drug-likeness (QED) is 0.323. The highest BCUT2D eigenvalue weighted by molar-refractivity contribution is 8.32. The lowest BCUT2D eigenvalue weighted by molar-refractivity contribution is -0.158. The Morgan fingerprint density at radius 1 is 1.15 bits per heavy atom. The highest BCUT2D eigenvalue weighted by atomic mass is 32.3. The largest absolute Gasteiger partial charge is 0.508 e. The Morgan fingerprint density at radius 2 is 1.83 bits per heavy atom. The van der Waals surface area contributed by atoms with Crippen LogP contribution in [0.5, 0.6) is 5.75 Å². The summed E-state index contributed by atoms with van der Waals surface area (Å²) in [4.78, 5) is 51.7. The number of ether oxygens (including phenoxy) is 2. The van der Waals surface area contributed by atoms with E-state index < -0.39 is 21.7 Å². The van der Waals surface area contributed by atoms with E-state index in [9.17, 15) is 24.3 Å². The molecule has 0 aliphatic carbocycles. The predicted molar refractivity (Wildman–Crippen MR) is 161 cm³/mol. The van der Waals surface area contributed by atoms with Crippen LogP contribution in [0.3, 0.4) is 0 Å². The molecule has 0 saturated carbocycles. The zero-order valence-corrected chi connectivity index (χ0v) is 26.0. The molecule has 0 spiro atoms. The second-order valence-corrected chi connectivity index (χ2v) is 17.1. The molecule has 0 bridgehead atoms. The van der Waals surface area contributed by atoms with Gasteiger partial charge in [-0.05, 0) is 95.7 Å². The average molecular weight is 597 g/mol. The fourth-order valence-electron chi connectivity index (χ4n) is 4.73. The number of piperidine rings is 2. The number of phenols is 1. The molecule has 3 aliphatic rings. The summed E-state index contributed by atoms with van der Waals surface area (Å²) in [5.74, 6) is 0.0936. The molecule has 1 aromatic rings. The van der Waals surface area contributed by atoms with Crippen molar-refractivity contribution in [2.45, 2.75) is 70.7 Å². The molecule has 0 aromatic heterocycles. The molecule has 11 nitrogen and oxygen atoms in total. The van der Waals surface area contributed by atoms with E-state index in [1.54, 1.807) is 12.1 Å². The van der Waals surface area contributed by atoms with E-state index >= 15 is 0 Å². The van der Waals surface area contributed by atoms with Gasteiger partial charge >= 0.3 is 6.09 Å². The van der Waals surface area contributed by atoms with Gasteiger partial charge in [0.25, 0.3) is 11.8 Å². The first-order valence-corrected chi connectivity index (χ1v) is 17.1. The third-order valence-electron chi connectivity index (χ3n) is 6.90. The monoisotopic (exact) mass is 596 g/mol. The van der Waals surface area contributed by atoms with E-state index in [0.29, 0.717) is 24.2 Å². The smallest absolute Gasteiger partial charge is 0.407 e. The predicted octanol–water partition coefficient (Wildman–Crippen LogP) is 3.04. The van der Waals surface area contributed by atoms with Gasteiger partial charge in [-0.3, -0.25) is 19.3 Å². The van der Waals surface area contributed by atoms with Crippen molar-refractivity contribution in [1.29, 1.82) is 0 Å². The topological polar surface area (TPSA) is 138 Å². The lowest BCUT2D eigenvalue weighted by Gasteiger charge is -2.35. The van der Waals surface area contributed by atoms with Crippen molar-refractivity contribution < 1.29 is 35.2 Å². The number of aromatic hydroxyl groups is 1. The highest BCUT2D eigenvalue weighted by Crippen LogP contribution is 2.34. The molecule has 4 rings (SSSR count). The van der Waals surface area contributed by atoms with Gasteiger partial charge in [0.2, 0.25) is 5.91 Å². The minimum Gasteiger partial charge on any atom is -0.508 e. The SMILES string of the molecule is CC(C)(C)OC(=O)NC1CCNCC1.CS(C)(C)CCOCN1C(=O)CCC(N2Cc3cc(O)ccc3C2=O)C1=O.[HH]. The Bertz CT molecular complexity index is 1120. The number of nitrogens with zero attached hydrogens (tertiary/aromatic N) is 2. The molecular formula is C29H48N4O7S. The number of rotatable bonds is 7. The van der Waals surface area contributed by atoms with Gasteiger partial charge in [0.15, 0.2) is 0 Å². The molecule has 2 fully saturated rings. The zero-order valence-electron chi connectivity index (χ0n) is 25.2. The van der Waals surface area contributed by atoms with Crippen LogP contribution >= 0.6 is 10.0 Å². The fraction of sp³-hybridized carbons (Fsp3) is 0.655. The van der Waals surface area contributed by atoms with Crippen LogP contribution in [0.2, 0.25) is 0 Å². The summed E-state index contributed by atoms with van der Waals surface area (Å²) < 4.78 is 10.7. The second kappa shape index (κ2) is 13.9. The summed E-state index contributed by atoms with van der Waals surface area (Å²) in [6.07, 6.45) is 8.72. The Balaban J connectivity index is 0.000000349. The van der Waals surface area contributed by atoms with Crippen LogP contribution in [-0.4, -0.2) is 107 Å². The van der Waals surface area contributed by atoms with E-state index in [2.05, 4.69) is 29.4 Å². The van der Waals surface area contributed by atoms with E-state index in [-0.39, 0.29) is 56.7 Å². The molecule has 41 heavy (non-hydrogen) atoms. The fourth-order valence-corrected chi connectivity index (χ4v) is 5.35. The Hall–Kier alpha value is -2.83. The number of fused-ring (bicyclic) bond motifs is 1. The first-order chi connectivity index (χ1) is 19.1. The van der Waals surface area contributed by atoms with Crippen LogP contribution in [0, 0.1) is 0 Å². The number of phenolic OH excluding ortho intramolecular Hbond substituents is 1. The van der Waals surface area contributed by atoms with Gasteiger partial charge in [-0.2, -0.15) is 0 Å². The lowest BCUT2D eigenvalue weighted by Crippen LogP contribution is -2.55. The standard InChI is InChI=1S/C19H26N2O5S.C10H20N2O2.H2/c1-27(2,3)9-8-26-12-21-17(23)7-6-16(19(21)25)20-11-13-10-14(22)4-5-15(13)18(20)24;1-10(2,3)14-9(13)12-8-4-6-11-7-5-8;/h4-5,10,16,22H,6-9,11-12H2,1-3H3;8,11H,4-7H2,1-3H3,(H,12,13);1H. The number of hydrogen-bond donors (Lipinski definition) is 3. The maximum absolute atomic E-state index is 12.9. The summed E-state index contributed by atoms with van der Waals surface area (Å²) >= 11 is 0. The van der Waals surface area contributed by atoms with Gasteiger partial charge in [-0.15, -0.1) is 0 Å². The summed E-state index contributed by atoms with van der Waals surface area (Å²) in [6.45, 7) is 8.24. The number of carbonyl (C=O) groups is 4. The number of benzene rings is 1. The molecule has 3 aliphatic heterocycles. The van der Waals surface area contributed by atoms with Crippen molar-refractivity contribution in [2.75, 3.05) is 50.9 Å². The number of amides is 4. The molecule has 0 radical (unpaired) electrons. The molecule has 3 heterocycles. The lowest BCUT2D eigenvalue weighted by atomic mass is 10.0. The van der Waals surface area contributed by atoms with Gasteiger partial charge in [0.05, 0.1) is 6.61 Å². The minimum atomic E-state index is -0.706. The normalized spacial score (nSPS) is 20.3. The summed E-state index contributed by atoms with van der Waals surface area (Å²) in [6, 6.07) is 4.17. The Kier molecular flexibility index (Phi) is 11.1. The van der Waals surface area contributed by atoms with Gasteiger partial charge < -0.3 is 30.1 Å². The summed E-state index contributed by atoms with van der Waals surface area (Å²) in [7, 11) is -0.706. The van der Waals surface area contributed by atoms with Crippen molar-refractivity contribution in [3.8, 4) is 5.75 Å². The van der Waals surface area contributed by atoms with Crippen molar-refractivity contribution >= 4 is 33.8 Å². The number of nitrogens with one attached hydrogen (secondary N) is 2. The van der Waals surface area contributed by atoms with Gasteiger partial charge in [0.1, 0.15) is 24.1 Å². The molecule has 232 valence electrons. The second-order valence-electron chi connectivity index (χ2n) is 12.5. The van der Waals surface area contributed by atoms with Gasteiger partial charge in [0, 0.05) is 31.8 Å². The molecule has 4 amide bonds. The minimum absolute atomic E-state index is 0. The Labute approximate surface area is 246 Å². The molecule has 1 unspecified atom stereocenters. The highest BCUT2D eigenvalue weighted by Gasteiger charge is 2.42. The molecule has 1 aromatic carbocycles. The maximum atomic E-state index is 12.9. The maximum Gasteiger partial charge on any atom is 0.407 e. The van der Waals surface area contributed by atoms with E-state index in [0.717, 1.165) is 36.6 Å². The number of hydrogen-bond acceptors (Lipinski definition) is 8. The first-order valence-electron chi connectivity index (χ1n) is 14.1. The molecular weight excluding hydrogens is 548 g/mol.